The van der Waals surface area contributed by atoms with Gasteiger partial charge in [-0.2, -0.15) is 0 Å². The van der Waals surface area contributed by atoms with E-state index in [0.717, 1.165) is 17.4 Å². The number of benzene rings is 2. The average Bonchev–Trinajstić information content (AvgIpc) is 2.61. The van der Waals surface area contributed by atoms with Crippen LogP contribution in [-0.2, 0) is 20.2 Å². The van der Waals surface area contributed by atoms with Crippen molar-refractivity contribution in [2.45, 2.75) is 39.2 Å². The highest BCUT2D eigenvalue weighted by Gasteiger charge is 2.36. The van der Waals surface area contributed by atoms with Crippen LogP contribution >= 0.6 is 11.6 Å². The fourth-order valence-electron chi connectivity index (χ4n) is 3.15. The van der Waals surface area contributed by atoms with Gasteiger partial charge in [0.2, 0.25) is 10.0 Å². The predicted molar refractivity (Wildman–Crippen MR) is 117 cm³/mol. The van der Waals surface area contributed by atoms with Crippen molar-refractivity contribution >= 4 is 38.9 Å². The lowest BCUT2D eigenvalue weighted by atomic mass is 9.86. The largest absolute Gasteiger partial charge is 0.476 e. The number of hydrogen-bond donors (Lipinski definition) is 1. The predicted octanol–water partition coefficient (Wildman–Crippen LogP) is 4.11. The number of carbonyl (C=O) groups is 1. The molecule has 8 heteroatoms. The van der Waals surface area contributed by atoms with Gasteiger partial charge in [-0.1, -0.05) is 38.4 Å². The van der Waals surface area contributed by atoms with Crippen molar-refractivity contribution in [3.05, 3.63) is 52.5 Å². The quantitative estimate of drug-likeness (QED) is 0.785. The van der Waals surface area contributed by atoms with E-state index in [-0.39, 0.29) is 12.0 Å². The number of rotatable bonds is 3. The molecule has 1 aliphatic heterocycles. The van der Waals surface area contributed by atoms with Gasteiger partial charge in [-0.05, 0) is 53.8 Å². The summed E-state index contributed by atoms with van der Waals surface area (Å²) in [7, 11) is -3.60. The molecule has 0 aromatic heterocycles. The number of fused-ring (bicyclic) bond motifs is 1. The highest BCUT2D eigenvalue weighted by molar-refractivity contribution is 7.92. The first-order valence-electron chi connectivity index (χ1n) is 9.22. The van der Waals surface area contributed by atoms with Crippen LogP contribution in [0.15, 0.2) is 36.4 Å². The molecule has 1 N–H and O–H groups in total. The summed E-state index contributed by atoms with van der Waals surface area (Å²) in [6.07, 6.45) is 0.150. The number of sulfonamides is 1. The van der Waals surface area contributed by atoms with E-state index in [4.69, 9.17) is 16.3 Å². The zero-order chi connectivity index (χ0) is 21.6. The first-order valence-corrected chi connectivity index (χ1v) is 11.4. The van der Waals surface area contributed by atoms with Gasteiger partial charge in [0, 0.05) is 10.7 Å². The molecule has 0 saturated heterocycles. The number of amides is 1. The van der Waals surface area contributed by atoms with E-state index in [1.165, 1.54) is 4.31 Å². The third-order valence-electron chi connectivity index (χ3n) is 4.83. The molecule has 2 aromatic carbocycles. The summed E-state index contributed by atoms with van der Waals surface area (Å²) in [5.41, 5.74) is 2.68. The Morgan fingerprint density at radius 1 is 1.21 bits per heavy atom. The van der Waals surface area contributed by atoms with E-state index in [0.29, 0.717) is 22.1 Å². The topological polar surface area (TPSA) is 75.7 Å². The lowest BCUT2D eigenvalue weighted by Crippen LogP contribution is -2.48. The number of carbonyl (C=O) groups excluding carboxylic acids is 1. The summed E-state index contributed by atoms with van der Waals surface area (Å²) in [5.74, 6) is -0.0581. The number of aryl methyl sites for hydroxylation is 1. The number of nitrogens with one attached hydrogen (secondary N) is 1. The second kappa shape index (κ2) is 7.54. The maximum atomic E-state index is 12.8. The third kappa shape index (κ3) is 4.67. The van der Waals surface area contributed by atoms with Gasteiger partial charge in [-0.25, -0.2) is 8.42 Å². The monoisotopic (exact) mass is 436 g/mol. The molecular formula is C21H25ClN2O4S. The van der Waals surface area contributed by atoms with Gasteiger partial charge in [-0.3, -0.25) is 9.10 Å². The van der Waals surface area contributed by atoms with Crippen LogP contribution in [0.2, 0.25) is 5.02 Å². The molecule has 0 fully saturated rings. The van der Waals surface area contributed by atoms with Crippen molar-refractivity contribution < 1.29 is 17.9 Å². The molecular weight excluding hydrogens is 412 g/mol. The first kappa shape index (κ1) is 21.5. The fourth-order valence-corrected chi connectivity index (χ4v) is 4.28. The van der Waals surface area contributed by atoms with Crippen molar-refractivity contribution in [2.24, 2.45) is 0 Å². The third-order valence-corrected chi connectivity index (χ3v) is 6.22. The second-order valence-corrected chi connectivity index (χ2v) is 10.6. The molecule has 3 rings (SSSR count). The molecule has 0 radical (unpaired) electrons. The van der Waals surface area contributed by atoms with Gasteiger partial charge in [0.15, 0.2) is 6.10 Å². The van der Waals surface area contributed by atoms with Gasteiger partial charge in [0.25, 0.3) is 5.91 Å². The summed E-state index contributed by atoms with van der Waals surface area (Å²) < 4.78 is 32.0. The summed E-state index contributed by atoms with van der Waals surface area (Å²) in [6.45, 7) is 7.88. The summed E-state index contributed by atoms with van der Waals surface area (Å²) >= 11 is 5.96. The Morgan fingerprint density at radius 2 is 1.90 bits per heavy atom. The lowest BCUT2D eigenvalue weighted by molar-refractivity contribution is -0.122. The van der Waals surface area contributed by atoms with E-state index in [2.05, 4.69) is 5.32 Å². The number of hydrogen-bond acceptors (Lipinski definition) is 4. The van der Waals surface area contributed by atoms with Crippen molar-refractivity contribution in [3.8, 4) is 5.75 Å². The Kier molecular flexibility index (Phi) is 5.58. The van der Waals surface area contributed by atoms with Crippen LogP contribution in [0, 0.1) is 6.92 Å². The highest BCUT2D eigenvalue weighted by atomic mass is 35.5. The van der Waals surface area contributed by atoms with Gasteiger partial charge in [0.1, 0.15) is 5.75 Å². The number of halogens is 1. The molecule has 1 amide bonds. The van der Waals surface area contributed by atoms with Gasteiger partial charge < -0.3 is 10.1 Å². The van der Waals surface area contributed by atoms with Crippen molar-refractivity contribution in [1.82, 2.24) is 0 Å². The van der Waals surface area contributed by atoms with Crippen LogP contribution in [0.1, 0.15) is 31.9 Å². The molecule has 0 aliphatic carbocycles. The van der Waals surface area contributed by atoms with E-state index in [1.807, 2.05) is 39.8 Å². The summed E-state index contributed by atoms with van der Waals surface area (Å²) in [5, 5.41) is 3.37. The molecule has 0 bridgehead atoms. The zero-order valence-electron chi connectivity index (χ0n) is 17.1. The summed E-state index contributed by atoms with van der Waals surface area (Å²) in [6, 6.07) is 10.6. The SMILES string of the molecule is Cc1cc(Cl)ccc1NC(=O)[C@@H]1CN(S(C)(=O)=O)c2cc(C(C)(C)C)ccc2O1. The molecule has 0 saturated carbocycles. The van der Waals surface area contributed by atoms with Crippen LogP contribution in [0.4, 0.5) is 11.4 Å². The normalized spacial score (nSPS) is 16.8. The molecule has 29 heavy (non-hydrogen) atoms. The van der Waals surface area contributed by atoms with Crippen LogP contribution in [0.25, 0.3) is 0 Å². The standard InChI is InChI=1S/C21H25ClN2O4S/c1-13-10-15(22)7-8-16(13)23-20(25)19-12-24(29(5,26)27)17-11-14(21(2,3)4)6-9-18(17)28-19/h6-11,19H,12H2,1-5H3,(H,23,25)/t19-/m0/s1. The first-order chi connectivity index (χ1) is 13.4. The molecule has 0 unspecified atom stereocenters. The van der Waals surface area contributed by atoms with E-state index in [1.54, 1.807) is 24.3 Å². The smallest absolute Gasteiger partial charge is 0.267 e. The molecule has 0 spiro atoms. The molecule has 1 aliphatic rings. The van der Waals surface area contributed by atoms with E-state index in [9.17, 15) is 13.2 Å². The molecule has 1 heterocycles. The number of ether oxygens (including phenoxy) is 1. The Morgan fingerprint density at radius 3 is 2.48 bits per heavy atom. The Bertz CT molecular complexity index is 1060. The van der Waals surface area contributed by atoms with Gasteiger partial charge >= 0.3 is 0 Å². The zero-order valence-corrected chi connectivity index (χ0v) is 18.7. The van der Waals surface area contributed by atoms with Crippen LogP contribution < -0.4 is 14.4 Å². The van der Waals surface area contributed by atoms with Crippen LogP contribution in [-0.4, -0.2) is 33.2 Å². The van der Waals surface area contributed by atoms with Crippen molar-refractivity contribution in [2.75, 3.05) is 22.4 Å². The van der Waals surface area contributed by atoms with E-state index >= 15 is 0 Å². The number of nitrogens with zero attached hydrogens (tertiary/aromatic N) is 1. The molecule has 156 valence electrons. The highest BCUT2D eigenvalue weighted by Crippen LogP contribution is 2.38. The van der Waals surface area contributed by atoms with E-state index < -0.39 is 22.0 Å². The van der Waals surface area contributed by atoms with Crippen LogP contribution in [0.5, 0.6) is 5.75 Å². The summed E-state index contributed by atoms with van der Waals surface area (Å²) in [4.78, 5) is 12.8. The Labute approximate surface area is 176 Å². The minimum Gasteiger partial charge on any atom is -0.476 e. The van der Waals surface area contributed by atoms with Gasteiger partial charge in [-0.15, -0.1) is 0 Å². The maximum Gasteiger partial charge on any atom is 0.267 e. The minimum atomic E-state index is -3.60. The Balaban J connectivity index is 1.93. The van der Waals surface area contributed by atoms with Gasteiger partial charge in [0.05, 0.1) is 18.5 Å². The molecule has 1 atom stereocenters. The molecule has 2 aromatic rings. The average molecular weight is 437 g/mol. The minimum absolute atomic E-state index is 0.0993. The van der Waals surface area contributed by atoms with Crippen molar-refractivity contribution in [3.63, 3.8) is 0 Å². The van der Waals surface area contributed by atoms with Crippen LogP contribution in [0.3, 0.4) is 0 Å². The lowest BCUT2D eigenvalue weighted by Gasteiger charge is -2.35. The second-order valence-electron chi connectivity index (χ2n) is 8.28. The fraction of sp³-hybridized carbons (Fsp3) is 0.381. The molecule has 6 nitrogen and oxygen atoms in total. The number of anilines is 2. The van der Waals surface area contributed by atoms with Crippen molar-refractivity contribution in [1.29, 1.82) is 0 Å². The Hall–Kier alpha value is -2.25. The maximum absolute atomic E-state index is 12.8.